The van der Waals surface area contributed by atoms with Gasteiger partial charge in [0.2, 0.25) is 5.89 Å². The van der Waals surface area contributed by atoms with E-state index in [1.807, 2.05) is 30.3 Å². The number of nitrogens with zero attached hydrogens (tertiary/aromatic N) is 5. The van der Waals surface area contributed by atoms with Crippen LogP contribution in [0.4, 0.5) is 13.2 Å². The summed E-state index contributed by atoms with van der Waals surface area (Å²) in [5.41, 5.74) is 0.751. The number of alkyl halides is 3. The summed E-state index contributed by atoms with van der Waals surface area (Å²) >= 11 is 1.23. The Kier molecular flexibility index (Phi) is 7.55. The Morgan fingerprint density at radius 2 is 1.84 bits per heavy atom. The van der Waals surface area contributed by atoms with Gasteiger partial charge in [-0.1, -0.05) is 55.1 Å². The van der Waals surface area contributed by atoms with E-state index in [-0.39, 0.29) is 17.4 Å². The quantitative estimate of drug-likeness (QED) is 0.266. The van der Waals surface area contributed by atoms with Gasteiger partial charge in [-0.05, 0) is 42.5 Å². The van der Waals surface area contributed by atoms with E-state index in [9.17, 15) is 18.0 Å². The third kappa shape index (κ3) is 5.93. The average Bonchev–Trinajstić information content (AvgIpc) is 3.55. The van der Waals surface area contributed by atoms with Crippen molar-refractivity contribution in [1.29, 1.82) is 0 Å². The SMILES string of the molecule is CC1CCN(C(=O)c2coc(CSc3nnc(Cc4ccccc4)n3-c3cccc(C(F)(F)F)c3)n2)CC1. The Labute approximate surface area is 222 Å². The summed E-state index contributed by atoms with van der Waals surface area (Å²) in [6, 6.07) is 14.6. The number of halogens is 3. The average molecular weight is 542 g/mol. The van der Waals surface area contributed by atoms with E-state index in [1.165, 1.54) is 24.1 Å². The zero-order valence-corrected chi connectivity index (χ0v) is 21.5. The number of piperidine rings is 1. The number of thioether (sulfide) groups is 1. The number of carbonyl (C=O) groups is 1. The summed E-state index contributed by atoms with van der Waals surface area (Å²) in [7, 11) is 0. The van der Waals surface area contributed by atoms with Gasteiger partial charge in [-0.15, -0.1) is 10.2 Å². The Morgan fingerprint density at radius 1 is 1.08 bits per heavy atom. The number of benzene rings is 2. The van der Waals surface area contributed by atoms with Gasteiger partial charge in [-0.2, -0.15) is 13.2 Å². The second-order valence-corrected chi connectivity index (χ2v) is 10.3. The van der Waals surface area contributed by atoms with Gasteiger partial charge in [-0.3, -0.25) is 9.36 Å². The van der Waals surface area contributed by atoms with Crippen molar-refractivity contribution in [3.05, 3.63) is 89.4 Å². The Balaban J connectivity index is 1.38. The first-order chi connectivity index (χ1) is 18.3. The van der Waals surface area contributed by atoms with Crippen molar-refractivity contribution < 1.29 is 22.4 Å². The lowest BCUT2D eigenvalue weighted by molar-refractivity contribution is -0.137. The molecule has 0 saturated carbocycles. The molecule has 0 spiro atoms. The Hall–Kier alpha value is -3.60. The number of carbonyl (C=O) groups excluding carboxylic acids is 1. The highest BCUT2D eigenvalue weighted by atomic mass is 32.2. The molecule has 0 N–H and O–H groups in total. The fraction of sp³-hybridized carbons (Fsp3) is 0.333. The second kappa shape index (κ2) is 11.0. The number of hydrogen-bond donors (Lipinski definition) is 0. The molecular weight excluding hydrogens is 515 g/mol. The molecule has 1 saturated heterocycles. The lowest BCUT2D eigenvalue weighted by Gasteiger charge is -2.29. The molecule has 0 unspecified atom stereocenters. The van der Waals surface area contributed by atoms with Crippen LogP contribution in [0, 0.1) is 5.92 Å². The first-order valence-corrected chi connectivity index (χ1v) is 13.3. The predicted molar refractivity (Wildman–Crippen MR) is 136 cm³/mol. The maximum absolute atomic E-state index is 13.5. The molecule has 4 aromatic rings. The largest absolute Gasteiger partial charge is 0.447 e. The minimum Gasteiger partial charge on any atom is -0.447 e. The maximum atomic E-state index is 13.5. The van der Waals surface area contributed by atoms with Gasteiger partial charge in [-0.25, -0.2) is 4.98 Å². The number of amides is 1. The fourth-order valence-corrected chi connectivity index (χ4v) is 5.17. The van der Waals surface area contributed by atoms with E-state index >= 15 is 0 Å². The Bertz CT molecular complexity index is 1400. The molecule has 2 aromatic carbocycles. The molecule has 0 atom stereocenters. The third-order valence-electron chi connectivity index (χ3n) is 6.50. The minimum absolute atomic E-state index is 0.158. The van der Waals surface area contributed by atoms with Crippen LogP contribution >= 0.6 is 11.8 Å². The summed E-state index contributed by atoms with van der Waals surface area (Å²) in [4.78, 5) is 18.9. The predicted octanol–water partition coefficient (Wildman–Crippen LogP) is 6.03. The highest BCUT2D eigenvalue weighted by molar-refractivity contribution is 7.98. The van der Waals surface area contributed by atoms with Crippen LogP contribution in [0.15, 0.2) is 70.4 Å². The molecule has 38 heavy (non-hydrogen) atoms. The molecule has 5 rings (SSSR count). The van der Waals surface area contributed by atoms with Crippen LogP contribution in [0.25, 0.3) is 5.69 Å². The summed E-state index contributed by atoms with van der Waals surface area (Å²) in [6.07, 6.45) is -0.818. The van der Waals surface area contributed by atoms with E-state index in [0.717, 1.165) is 30.5 Å². The number of hydrogen-bond acceptors (Lipinski definition) is 6. The minimum atomic E-state index is -4.48. The molecule has 0 aliphatic carbocycles. The lowest BCUT2D eigenvalue weighted by atomic mass is 9.99. The number of aromatic nitrogens is 4. The monoisotopic (exact) mass is 541 g/mol. The van der Waals surface area contributed by atoms with Crippen molar-refractivity contribution in [3.63, 3.8) is 0 Å². The van der Waals surface area contributed by atoms with Crippen molar-refractivity contribution >= 4 is 17.7 Å². The molecule has 11 heteroatoms. The molecule has 1 aliphatic rings. The van der Waals surface area contributed by atoms with Crippen LogP contribution in [-0.4, -0.2) is 43.6 Å². The van der Waals surface area contributed by atoms with Gasteiger partial charge in [0.15, 0.2) is 10.9 Å². The smallest absolute Gasteiger partial charge is 0.416 e. The number of oxazole rings is 1. The summed E-state index contributed by atoms with van der Waals surface area (Å²) in [5, 5.41) is 8.95. The topological polar surface area (TPSA) is 77.0 Å². The van der Waals surface area contributed by atoms with E-state index in [4.69, 9.17) is 4.42 Å². The Morgan fingerprint density at radius 3 is 2.58 bits per heavy atom. The van der Waals surface area contributed by atoms with Crippen molar-refractivity contribution in [2.75, 3.05) is 13.1 Å². The molecule has 0 radical (unpaired) electrons. The lowest BCUT2D eigenvalue weighted by Crippen LogP contribution is -2.38. The van der Waals surface area contributed by atoms with Gasteiger partial charge >= 0.3 is 6.18 Å². The molecule has 1 aliphatic heterocycles. The van der Waals surface area contributed by atoms with Crippen LogP contribution in [0.3, 0.4) is 0 Å². The fourth-order valence-electron chi connectivity index (χ4n) is 4.34. The zero-order valence-electron chi connectivity index (χ0n) is 20.7. The van der Waals surface area contributed by atoms with Crippen LogP contribution < -0.4 is 0 Å². The highest BCUT2D eigenvalue weighted by Gasteiger charge is 2.31. The molecule has 198 valence electrons. The maximum Gasteiger partial charge on any atom is 0.416 e. The molecule has 0 bridgehead atoms. The third-order valence-corrected chi connectivity index (χ3v) is 7.42. The van der Waals surface area contributed by atoms with E-state index in [1.54, 1.807) is 15.5 Å². The molecule has 1 fully saturated rings. The standard InChI is InChI=1S/C27H26F3N5O2S/c1-18-10-12-34(13-11-18)25(36)22-16-37-24(31-22)17-38-26-33-32-23(14-19-6-3-2-4-7-19)35(26)21-9-5-8-20(15-21)27(28,29)30/h2-9,15-16,18H,10-14,17H2,1H3. The molecule has 2 aromatic heterocycles. The summed E-state index contributed by atoms with van der Waals surface area (Å²) < 4.78 is 47.5. The van der Waals surface area contributed by atoms with Gasteiger partial charge < -0.3 is 9.32 Å². The van der Waals surface area contributed by atoms with Crippen molar-refractivity contribution in [3.8, 4) is 5.69 Å². The van der Waals surface area contributed by atoms with Crippen molar-refractivity contribution in [1.82, 2.24) is 24.6 Å². The van der Waals surface area contributed by atoms with Gasteiger partial charge in [0.25, 0.3) is 5.91 Å². The second-order valence-electron chi connectivity index (χ2n) is 9.33. The molecule has 3 heterocycles. The van der Waals surface area contributed by atoms with Crippen LogP contribution in [0.5, 0.6) is 0 Å². The normalized spacial score (nSPS) is 14.7. The first kappa shape index (κ1) is 26.0. The van der Waals surface area contributed by atoms with Gasteiger partial charge in [0, 0.05) is 19.5 Å². The van der Waals surface area contributed by atoms with Crippen LogP contribution in [-0.2, 0) is 18.3 Å². The van der Waals surface area contributed by atoms with E-state index in [2.05, 4.69) is 22.1 Å². The van der Waals surface area contributed by atoms with Crippen LogP contribution in [0.1, 0.15) is 53.1 Å². The van der Waals surface area contributed by atoms with E-state index < -0.39 is 11.7 Å². The highest BCUT2D eigenvalue weighted by Crippen LogP contribution is 2.32. The van der Waals surface area contributed by atoms with Gasteiger partial charge in [0.05, 0.1) is 17.0 Å². The summed E-state index contributed by atoms with van der Waals surface area (Å²) in [5.74, 6) is 1.50. The summed E-state index contributed by atoms with van der Waals surface area (Å²) in [6.45, 7) is 3.57. The van der Waals surface area contributed by atoms with Gasteiger partial charge in [0.1, 0.15) is 12.1 Å². The number of likely N-dealkylation sites (tertiary alicyclic amines) is 1. The molecule has 1 amide bonds. The van der Waals surface area contributed by atoms with Crippen molar-refractivity contribution in [2.24, 2.45) is 5.92 Å². The van der Waals surface area contributed by atoms with Crippen LogP contribution in [0.2, 0.25) is 0 Å². The van der Waals surface area contributed by atoms with Crippen molar-refractivity contribution in [2.45, 2.75) is 43.3 Å². The van der Waals surface area contributed by atoms with E-state index in [0.29, 0.717) is 48.0 Å². The first-order valence-electron chi connectivity index (χ1n) is 12.3. The number of rotatable bonds is 7. The molecular formula is C27H26F3N5O2S. The molecule has 7 nitrogen and oxygen atoms in total. The zero-order chi connectivity index (χ0) is 26.7.